The van der Waals surface area contributed by atoms with Crippen molar-refractivity contribution < 1.29 is 14.0 Å². The summed E-state index contributed by atoms with van der Waals surface area (Å²) in [7, 11) is 0. The Morgan fingerprint density at radius 3 is 1.96 bits per heavy atom. The van der Waals surface area contributed by atoms with Crippen LogP contribution in [0.25, 0.3) is 43.8 Å². The van der Waals surface area contributed by atoms with E-state index < -0.39 is 35.6 Å². The molecule has 1 atom stereocenters. The van der Waals surface area contributed by atoms with Gasteiger partial charge in [0.2, 0.25) is 0 Å². The first kappa shape index (κ1) is 21.5. The highest BCUT2D eigenvalue weighted by Crippen LogP contribution is 2.58. The van der Waals surface area contributed by atoms with Crippen molar-refractivity contribution in [3.8, 4) is 11.1 Å². The largest absolute Gasteiger partial charge is 0.456 e. The van der Waals surface area contributed by atoms with Crippen molar-refractivity contribution in [2.75, 3.05) is 4.90 Å². The van der Waals surface area contributed by atoms with Crippen LogP contribution in [0.2, 0.25) is 0 Å². The second kappa shape index (κ2) is 10.8. The van der Waals surface area contributed by atoms with Gasteiger partial charge in [0.05, 0.1) is 15.0 Å². The maximum absolute atomic E-state index is 9.73. The third-order valence-electron chi connectivity index (χ3n) is 9.81. The van der Waals surface area contributed by atoms with Crippen molar-refractivity contribution >= 4 is 49.8 Å². The Bertz CT molecular complexity index is 3020. The summed E-state index contributed by atoms with van der Waals surface area (Å²) in [6.07, 6.45) is 0. The molecule has 0 saturated heterocycles. The highest BCUT2D eigenvalue weighted by molar-refractivity contribution is 6.05. The highest BCUT2D eigenvalue weighted by Gasteiger charge is 2.47. The molecule has 0 fully saturated rings. The van der Waals surface area contributed by atoms with E-state index in [4.69, 9.17) is 9.90 Å². The van der Waals surface area contributed by atoms with E-state index in [-0.39, 0.29) is 28.4 Å². The molecule has 230 valence electrons. The van der Waals surface area contributed by atoms with Crippen LogP contribution in [-0.2, 0) is 5.41 Å². The summed E-state index contributed by atoms with van der Waals surface area (Å²) in [4.78, 5) is 2.18. The Balaban J connectivity index is 1.37. The summed E-state index contributed by atoms with van der Waals surface area (Å²) < 4.78 is 70.1. The van der Waals surface area contributed by atoms with Crippen molar-refractivity contribution in [3.63, 3.8) is 0 Å². The molecule has 2 heteroatoms. The fraction of sp³-hybridized carbons (Fsp3) is 0.0213. The van der Waals surface area contributed by atoms with E-state index in [9.17, 15) is 4.11 Å². The zero-order valence-electron chi connectivity index (χ0n) is 33.2. The monoisotopic (exact) mass is 632 g/mol. The van der Waals surface area contributed by atoms with Gasteiger partial charge in [-0.25, -0.2) is 0 Å². The van der Waals surface area contributed by atoms with Crippen LogP contribution >= 0.6 is 0 Å². The van der Waals surface area contributed by atoms with Crippen molar-refractivity contribution in [1.82, 2.24) is 0 Å². The summed E-state index contributed by atoms with van der Waals surface area (Å²) >= 11 is 0. The quantitative estimate of drug-likeness (QED) is 0.188. The Morgan fingerprint density at radius 2 is 1.12 bits per heavy atom. The number of nitrogens with zero attached hydrogens (tertiary/aromatic N) is 1. The molecule has 1 aliphatic carbocycles. The molecule has 2 nitrogen and oxygen atoms in total. The summed E-state index contributed by atoms with van der Waals surface area (Å²) in [6, 6.07) is 45.3. The highest BCUT2D eigenvalue weighted by atomic mass is 16.3. The molecule has 9 aromatic rings. The molecular formula is C47H31NO. The minimum absolute atomic E-state index is 0.0497. The van der Waals surface area contributed by atoms with Gasteiger partial charge in [0.15, 0.2) is 0 Å². The molecule has 0 amide bonds. The second-order valence-electron chi connectivity index (χ2n) is 12.3. The Hall–Kier alpha value is -6.38. The molecule has 1 unspecified atom stereocenters. The van der Waals surface area contributed by atoms with Gasteiger partial charge in [-0.05, 0) is 92.7 Å². The van der Waals surface area contributed by atoms with Gasteiger partial charge in [-0.1, -0.05) is 139 Å². The summed E-state index contributed by atoms with van der Waals surface area (Å²) in [5, 5.41) is 1.82. The molecule has 1 aliphatic rings. The van der Waals surface area contributed by atoms with Crippen LogP contribution in [0.5, 0.6) is 0 Å². The van der Waals surface area contributed by atoms with Gasteiger partial charge in [-0.15, -0.1) is 0 Å². The predicted molar refractivity (Wildman–Crippen MR) is 203 cm³/mol. The lowest BCUT2D eigenvalue weighted by molar-refractivity contribution is 0.666. The first-order valence-electron chi connectivity index (χ1n) is 19.8. The summed E-state index contributed by atoms with van der Waals surface area (Å²) in [6.45, 7) is 0. The summed E-state index contributed by atoms with van der Waals surface area (Å²) in [5.74, 6) is 0. The van der Waals surface area contributed by atoms with Crippen LogP contribution in [0.3, 0.4) is 0 Å². The van der Waals surface area contributed by atoms with Gasteiger partial charge < -0.3 is 9.32 Å². The van der Waals surface area contributed by atoms with Gasteiger partial charge in [0.25, 0.3) is 0 Å². The van der Waals surface area contributed by atoms with Crippen LogP contribution in [0.1, 0.15) is 31.8 Å². The fourth-order valence-corrected chi connectivity index (χ4v) is 7.79. The number of furan rings is 1. The average molecular weight is 633 g/mol. The van der Waals surface area contributed by atoms with Crippen LogP contribution in [0.4, 0.5) is 17.1 Å². The van der Waals surface area contributed by atoms with Gasteiger partial charge in [0.1, 0.15) is 11.2 Å². The van der Waals surface area contributed by atoms with Crippen molar-refractivity contribution in [2.24, 2.45) is 0 Å². The number of benzene rings is 8. The van der Waals surface area contributed by atoms with Crippen LogP contribution < -0.4 is 4.90 Å². The SMILES string of the molecule is [2H]c1c([2H])c([2H])c2c(C3(c4ccc5c(c4)oc4ccccc45)c4ccccc4-c4cc(N(c5ccccc5)c5ccccc5)ccc43)c([2H])c([2H])c([2H])c2c1[2H]. The standard InChI is InChI=1S/C47H31NO/c1-3-16-34(17-4-1)48(35-18-5-2-6-19-35)36-27-29-44-41(31-36)38-21-9-11-23-43(38)47(44,42-24-13-15-32-14-7-8-20-37(32)42)33-26-28-40-39-22-10-12-25-45(39)49-46(40)30-33/h1-31H/i7D,8D,13D,14D,15D,20D,24D. The topological polar surface area (TPSA) is 16.4 Å². The van der Waals surface area contributed by atoms with E-state index in [1.54, 1.807) is 0 Å². The number of fused-ring (bicyclic) bond motifs is 7. The minimum Gasteiger partial charge on any atom is -0.456 e. The van der Waals surface area contributed by atoms with Crippen LogP contribution in [-0.4, -0.2) is 0 Å². The van der Waals surface area contributed by atoms with Crippen LogP contribution in [0.15, 0.2) is 192 Å². The molecule has 1 aromatic heterocycles. The lowest BCUT2D eigenvalue weighted by atomic mass is 9.66. The Kier molecular flexibility index (Phi) is 4.75. The maximum Gasteiger partial charge on any atom is 0.135 e. The molecule has 49 heavy (non-hydrogen) atoms. The smallest absolute Gasteiger partial charge is 0.135 e. The van der Waals surface area contributed by atoms with E-state index in [1.165, 1.54) is 0 Å². The van der Waals surface area contributed by atoms with Gasteiger partial charge in [-0.3, -0.25) is 0 Å². The third kappa shape index (κ3) is 4.07. The zero-order valence-corrected chi connectivity index (χ0v) is 26.2. The van der Waals surface area contributed by atoms with E-state index in [0.29, 0.717) is 11.1 Å². The van der Waals surface area contributed by atoms with Crippen molar-refractivity contribution in [3.05, 3.63) is 210 Å². The molecule has 0 saturated carbocycles. The van der Waals surface area contributed by atoms with Crippen molar-refractivity contribution in [2.45, 2.75) is 5.41 Å². The number of hydrogen-bond donors (Lipinski definition) is 0. The molecule has 1 heterocycles. The number of rotatable bonds is 5. The number of hydrogen-bond acceptors (Lipinski definition) is 2. The molecule has 8 aromatic carbocycles. The molecule has 0 bridgehead atoms. The Morgan fingerprint density at radius 1 is 0.449 bits per heavy atom. The fourth-order valence-electron chi connectivity index (χ4n) is 7.79. The lowest BCUT2D eigenvalue weighted by Crippen LogP contribution is -2.29. The van der Waals surface area contributed by atoms with E-state index >= 15 is 0 Å². The normalized spacial score (nSPS) is 17.0. The molecule has 0 N–H and O–H groups in total. The first-order valence-corrected chi connectivity index (χ1v) is 16.3. The van der Waals surface area contributed by atoms with Gasteiger partial charge >= 0.3 is 0 Å². The molecular weight excluding hydrogens is 595 g/mol. The van der Waals surface area contributed by atoms with E-state index in [0.717, 1.165) is 55.7 Å². The molecule has 0 radical (unpaired) electrons. The minimum atomic E-state index is -1.38. The van der Waals surface area contributed by atoms with Crippen LogP contribution in [0, 0.1) is 0 Å². The molecule has 0 aliphatic heterocycles. The number of anilines is 3. The maximum atomic E-state index is 9.73. The first-order chi connectivity index (χ1) is 27.2. The van der Waals surface area contributed by atoms with E-state index in [1.807, 2.05) is 115 Å². The van der Waals surface area contributed by atoms with Gasteiger partial charge in [-0.2, -0.15) is 0 Å². The number of para-hydroxylation sites is 3. The average Bonchev–Trinajstić information content (AvgIpc) is 3.75. The zero-order chi connectivity index (χ0) is 38.5. The third-order valence-corrected chi connectivity index (χ3v) is 9.81. The summed E-state index contributed by atoms with van der Waals surface area (Å²) in [5.41, 5.74) is 7.01. The van der Waals surface area contributed by atoms with E-state index in [2.05, 4.69) is 35.2 Å². The molecule has 0 spiro atoms. The lowest BCUT2D eigenvalue weighted by Gasteiger charge is -2.35. The second-order valence-corrected chi connectivity index (χ2v) is 12.3. The Labute approximate surface area is 295 Å². The van der Waals surface area contributed by atoms with Gasteiger partial charge in [0, 0.05) is 27.8 Å². The molecule has 10 rings (SSSR count). The van der Waals surface area contributed by atoms with Crippen molar-refractivity contribution in [1.29, 1.82) is 0 Å². The predicted octanol–water partition coefficient (Wildman–Crippen LogP) is 12.6.